The van der Waals surface area contributed by atoms with E-state index in [-0.39, 0.29) is 13.2 Å². The summed E-state index contributed by atoms with van der Waals surface area (Å²) in [4.78, 5) is 10.6. The summed E-state index contributed by atoms with van der Waals surface area (Å²) in [5, 5.41) is 0. The van der Waals surface area contributed by atoms with Crippen LogP contribution in [0.5, 0.6) is 0 Å². The highest BCUT2D eigenvalue weighted by atomic mass is 16.1. The van der Waals surface area contributed by atoms with Gasteiger partial charge in [-0.1, -0.05) is 59.1 Å². The molecule has 0 aromatic carbocycles. The van der Waals surface area contributed by atoms with Crippen LogP contribution in [0.2, 0.25) is 0 Å². The molecule has 0 spiro atoms. The Morgan fingerprint density at radius 2 is 1.69 bits per heavy atom. The monoisotopic (exact) mass is 226 g/mol. The lowest BCUT2D eigenvalue weighted by Gasteiger charge is -2.03. The van der Waals surface area contributed by atoms with E-state index in [2.05, 4.69) is 19.9 Å². The highest BCUT2D eigenvalue weighted by Crippen LogP contribution is 2.10. The van der Waals surface area contributed by atoms with Gasteiger partial charge in [-0.15, -0.1) is 0 Å². The third-order valence-corrected chi connectivity index (χ3v) is 2.47. The Labute approximate surface area is 102 Å². The number of carbonyl (C=O) groups is 1. The molecule has 0 aliphatic carbocycles. The van der Waals surface area contributed by atoms with E-state index in [9.17, 15) is 4.79 Å². The number of hydrogen-bond donors (Lipinski definition) is 0. The van der Waals surface area contributed by atoms with Crippen LogP contribution in [0.4, 0.5) is 0 Å². The first-order valence-corrected chi connectivity index (χ1v) is 6.27. The zero-order valence-electron chi connectivity index (χ0n) is 10.6. The van der Waals surface area contributed by atoms with Gasteiger partial charge in [0.25, 0.3) is 0 Å². The zero-order chi connectivity index (χ0) is 11.5. The van der Waals surface area contributed by atoms with Crippen LogP contribution >= 0.6 is 0 Å². The molecule has 0 amide bonds. The van der Waals surface area contributed by atoms with Crippen LogP contribution in [0, 0.1) is 5.92 Å². The summed E-state index contributed by atoms with van der Waals surface area (Å²) in [6, 6.07) is 0. The predicted octanol–water partition coefficient (Wildman–Crippen LogP) is 5.15. The highest BCUT2D eigenvalue weighted by Gasteiger charge is 1.93. The van der Waals surface area contributed by atoms with Gasteiger partial charge in [0, 0.05) is 6.42 Å². The molecule has 0 aromatic heterocycles. The van der Waals surface area contributed by atoms with E-state index < -0.39 is 0 Å². The Kier molecular flexibility index (Phi) is 13.9. The SMILES string of the molecule is C.CC(=O)C/C=C/CCCCCCC(C)C. The van der Waals surface area contributed by atoms with Crippen molar-refractivity contribution < 1.29 is 4.79 Å². The van der Waals surface area contributed by atoms with Crippen LogP contribution in [0.25, 0.3) is 0 Å². The van der Waals surface area contributed by atoms with Crippen molar-refractivity contribution >= 4 is 5.78 Å². The molecule has 0 aliphatic heterocycles. The average molecular weight is 226 g/mol. The molecule has 0 rings (SSSR count). The Bertz CT molecular complexity index is 180. The molecular formula is C15H30O. The number of allylic oxidation sites excluding steroid dienone is 2. The minimum atomic E-state index is 0. The molecule has 96 valence electrons. The van der Waals surface area contributed by atoms with Gasteiger partial charge in [-0.05, 0) is 25.7 Å². The average Bonchev–Trinajstić information content (AvgIpc) is 2.14. The van der Waals surface area contributed by atoms with Gasteiger partial charge >= 0.3 is 0 Å². The Balaban J connectivity index is 0. The van der Waals surface area contributed by atoms with E-state index in [1.165, 1.54) is 32.1 Å². The number of carbonyl (C=O) groups excluding carboxylic acids is 1. The van der Waals surface area contributed by atoms with E-state index in [0.717, 1.165) is 12.3 Å². The first-order valence-electron chi connectivity index (χ1n) is 6.27. The Hall–Kier alpha value is -0.590. The summed E-state index contributed by atoms with van der Waals surface area (Å²) in [5.74, 6) is 1.10. The number of Topliss-reactive ketones (excluding diaryl/α,β-unsaturated/α-hetero) is 1. The molecular weight excluding hydrogens is 196 g/mol. The molecule has 0 heterocycles. The van der Waals surface area contributed by atoms with E-state index in [4.69, 9.17) is 0 Å². The van der Waals surface area contributed by atoms with E-state index in [1.807, 2.05) is 6.08 Å². The maximum Gasteiger partial charge on any atom is 0.133 e. The predicted molar refractivity (Wildman–Crippen MR) is 73.7 cm³/mol. The van der Waals surface area contributed by atoms with Crippen LogP contribution < -0.4 is 0 Å². The van der Waals surface area contributed by atoms with Gasteiger partial charge in [0.2, 0.25) is 0 Å². The van der Waals surface area contributed by atoms with Gasteiger partial charge in [0.1, 0.15) is 5.78 Å². The highest BCUT2D eigenvalue weighted by molar-refractivity contribution is 5.76. The van der Waals surface area contributed by atoms with E-state index >= 15 is 0 Å². The number of rotatable bonds is 9. The van der Waals surface area contributed by atoms with E-state index in [1.54, 1.807) is 6.92 Å². The lowest BCUT2D eigenvalue weighted by Crippen LogP contribution is -1.87. The Morgan fingerprint density at radius 3 is 2.25 bits per heavy atom. The van der Waals surface area contributed by atoms with Crippen molar-refractivity contribution in [3.8, 4) is 0 Å². The van der Waals surface area contributed by atoms with E-state index in [0.29, 0.717) is 6.42 Å². The molecule has 0 saturated heterocycles. The minimum absolute atomic E-state index is 0. The quantitative estimate of drug-likeness (QED) is 0.392. The maximum absolute atomic E-state index is 10.6. The fraction of sp³-hybridized carbons (Fsp3) is 0.800. The number of ketones is 1. The summed E-state index contributed by atoms with van der Waals surface area (Å²) in [5.41, 5.74) is 0. The van der Waals surface area contributed by atoms with Crippen molar-refractivity contribution in [3.63, 3.8) is 0 Å². The van der Waals surface area contributed by atoms with Crippen LogP contribution in [-0.4, -0.2) is 5.78 Å². The zero-order valence-corrected chi connectivity index (χ0v) is 10.6. The third kappa shape index (κ3) is 15.9. The lowest BCUT2D eigenvalue weighted by atomic mass is 10.0. The molecule has 0 bridgehead atoms. The minimum Gasteiger partial charge on any atom is -0.300 e. The van der Waals surface area contributed by atoms with Crippen LogP contribution in [-0.2, 0) is 4.79 Å². The van der Waals surface area contributed by atoms with Crippen molar-refractivity contribution in [1.82, 2.24) is 0 Å². The van der Waals surface area contributed by atoms with Crippen molar-refractivity contribution in [3.05, 3.63) is 12.2 Å². The van der Waals surface area contributed by atoms with Gasteiger partial charge in [-0.3, -0.25) is 4.79 Å². The second kappa shape index (κ2) is 12.5. The van der Waals surface area contributed by atoms with Crippen molar-refractivity contribution in [1.29, 1.82) is 0 Å². The molecule has 16 heavy (non-hydrogen) atoms. The number of unbranched alkanes of at least 4 members (excludes halogenated alkanes) is 4. The van der Waals surface area contributed by atoms with Gasteiger partial charge < -0.3 is 0 Å². The fourth-order valence-electron chi connectivity index (χ4n) is 1.54. The van der Waals surface area contributed by atoms with Crippen LogP contribution in [0.1, 0.15) is 73.1 Å². The lowest BCUT2D eigenvalue weighted by molar-refractivity contribution is -0.116. The largest absolute Gasteiger partial charge is 0.300 e. The summed E-state index contributed by atoms with van der Waals surface area (Å²) < 4.78 is 0. The molecule has 0 aliphatic rings. The standard InChI is InChI=1S/C14H26O.CH4/c1-13(2)11-9-7-5-4-6-8-10-12-14(3)15;/h8,10,13H,4-7,9,11-12H2,1-3H3;1H4/b10-8+;. The smallest absolute Gasteiger partial charge is 0.133 e. The van der Waals surface area contributed by atoms with Crippen molar-refractivity contribution in [2.75, 3.05) is 0 Å². The molecule has 0 aromatic rings. The summed E-state index contributed by atoms with van der Waals surface area (Å²) in [7, 11) is 0. The fourth-order valence-corrected chi connectivity index (χ4v) is 1.54. The normalized spacial score (nSPS) is 10.8. The maximum atomic E-state index is 10.6. The summed E-state index contributed by atoms with van der Waals surface area (Å²) in [6.45, 7) is 6.20. The van der Waals surface area contributed by atoms with Crippen LogP contribution in [0.15, 0.2) is 12.2 Å². The molecule has 0 unspecified atom stereocenters. The summed E-state index contributed by atoms with van der Waals surface area (Å²) in [6.07, 6.45) is 12.6. The molecule has 1 nitrogen and oxygen atoms in total. The molecule has 0 radical (unpaired) electrons. The molecule has 0 N–H and O–H groups in total. The molecule has 0 atom stereocenters. The van der Waals surface area contributed by atoms with Gasteiger partial charge in [-0.2, -0.15) is 0 Å². The molecule has 0 fully saturated rings. The first kappa shape index (κ1) is 17.8. The second-order valence-corrected chi connectivity index (χ2v) is 4.76. The topological polar surface area (TPSA) is 17.1 Å². The van der Waals surface area contributed by atoms with Crippen LogP contribution in [0.3, 0.4) is 0 Å². The van der Waals surface area contributed by atoms with Crippen molar-refractivity contribution in [2.24, 2.45) is 5.92 Å². The second-order valence-electron chi connectivity index (χ2n) is 4.76. The first-order chi connectivity index (χ1) is 7.13. The Morgan fingerprint density at radius 1 is 1.06 bits per heavy atom. The van der Waals surface area contributed by atoms with Gasteiger partial charge in [0.05, 0.1) is 0 Å². The van der Waals surface area contributed by atoms with Gasteiger partial charge in [0.15, 0.2) is 0 Å². The number of hydrogen-bond acceptors (Lipinski definition) is 1. The molecule has 1 heteroatoms. The van der Waals surface area contributed by atoms with Gasteiger partial charge in [-0.25, -0.2) is 0 Å². The summed E-state index contributed by atoms with van der Waals surface area (Å²) >= 11 is 0. The third-order valence-electron chi connectivity index (χ3n) is 2.47. The molecule has 0 saturated carbocycles. The van der Waals surface area contributed by atoms with Crippen molar-refractivity contribution in [2.45, 2.75) is 73.1 Å².